The standard InChI is InChI=1S/C18H25N3O2/c1-3-23-17-7-6-14(9-15(17)12-22)11-21-8-4-5-16(21)18-19-10-13(2)20-18/h6-7,9-10,16,22H,3-5,8,11-12H2,1-2H3,(H,19,20)/t16-/m1/s1. The third-order valence-electron chi connectivity index (χ3n) is 4.38. The molecule has 1 aromatic heterocycles. The molecule has 2 aromatic rings. The van der Waals surface area contributed by atoms with E-state index >= 15 is 0 Å². The Morgan fingerprint density at radius 3 is 3.00 bits per heavy atom. The minimum atomic E-state index is 0.00395. The Morgan fingerprint density at radius 2 is 2.30 bits per heavy atom. The number of aromatic nitrogens is 2. The summed E-state index contributed by atoms with van der Waals surface area (Å²) in [6.45, 7) is 6.54. The molecular weight excluding hydrogens is 290 g/mol. The zero-order valence-corrected chi connectivity index (χ0v) is 13.9. The molecule has 0 unspecified atom stereocenters. The van der Waals surface area contributed by atoms with Gasteiger partial charge in [-0.1, -0.05) is 6.07 Å². The fourth-order valence-corrected chi connectivity index (χ4v) is 3.31. The lowest BCUT2D eigenvalue weighted by Gasteiger charge is -2.23. The molecule has 0 spiro atoms. The Labute approximate surface area is 137 Å². The summed E-state index contributed by atoms with van der Waals surface area (Å²) in [5.74, 6) is 1.84. The van der Waals surface area contributed by atoms with Crippen molar-refractivity contribution in [1.82, 2.24) is 14.9 Å². The first kappa shape index (κ1) is 16.0. The summed E-state index contributed by atoms with van der Waals surface area (Å²) in [7, 11) is 0. The van der Waals surface area contributed by atoms with Crippen molar-refractivity contribution < 1.29 is 9.84 Å². The summed E-state index contributed by atoms with van der Waals surface area (Å²) in [4.78, 5) is 10.3. The molecule has 1 saturated heterocycles. The van der Waals surface area contributed by atoms with E-state index in [9.17, 15) is 5.11 Å². The summed E-state index contributed by atoms with van der Waals surface area (Å²) in [5, 5.41) is 9.55. The van der Waals surface area contributed by atoms with E-state index in [1.165, 1.54) is 12.0 Å². The largest absolute Gasteiger partial charge is 0.494 e. The number of rotatable bonds is 6. The van der Waals surface area contributed by atoms with Gasteiger partial charge in [0.15, 0.2) is 0 Å². The summed E-state index contributed by atoms with van der Waals surface area (Å²) >= 11 is 0. The molecular formula is C18H25N3O2. The summed E-state index contributed by atoms with van der Waals surface area (Å²) in [6.07, 6.45) is 4.22. The monoisotopic (exact) mass is 315 g/mol. The highest BCUT2D eigenvalue weighted by Gasteiger charge is 2.28. The van der Waals surface area contributed by atoms with E-state index in [1.54, 1.807) is 0 Å². The van der Waals surface area contributed by atoms with E-state index in [1.807, 2.05) is 32.2 Å². The second kappa shape index (κ2) is 7.15. The van der Waals surface area contributed by atoms with E-state index in [0.29, 0.717) is 12.6 Å². The highest BCUT2D eigenvalue weighted by molar-refractivity contribution is 5.37. The van der Waals surface area contributed by atoms with Crippen molar-refractivity contribution in [2.75, 3.05) is 13.2 Å². The van der Waals surface area contributed by atoms with Gasteiger partial charge >= 0.3 is 0 Å². The first-order valence-electron chi connectivity index (χ1n) is 8.32. The van der Waals surface area contributed by atoms with Gasteiger partial charge in [0.2, 0.25) is 0 Å². The van der Waals surface area contributed by atoms with Gasteiger partial charge in [-0.3, -0.25) is 4.90 Å². The van der Waals surface area contributed by atoms with Crippen LogP contribution < -0.4 is 4.74 Å². The maximum atomic E-state index is 9.55. The lowest BCUT2D eigenvalue weighted by Crippen LogP contribution is -2.23. The molecule has 0 saturated carbocycles. The van der Waals surface area contributed by atoms with Crippen LogP contribution in [0, 0.1) is 6.92 Å². The molecule has 0 radical (unpaired) electrons. The van der Waals surface area contributed by atoms with Gasteiger partial charge in [-0.2, -0.15) is 0 Å². The number of aliphatic hydroxyl groups excluding tert-OH is 1. The number of likely N-dealkylation sites (tertiary alicyclic amines) is 1. The van der Waals surface area contributed by atoms with Crippen molar-refractivity contribution in [3.63, 3.8) is 0 Å². The SMILES string of the molecule is CCOc1ccc(CN2CCC[C@@H]2c2ncc(C)[nH]2)cc1CO. The van der Waals surface area contributed by atoms with E-state index in [2.05, 4.69) is 20.9 Å². The van der Waals surface area contributed by atoms with Crippen molar-refractivity contribution in [1.29, 1.82) is 0 Å². The van der Waals surface area contributed by atoms with Crippen molar-refractivity contribution >= 4 is 0 Å². The number of hydrogen-bond acceptors (Lipinski definition) is 4. The van der Waals surface area contributed by atoms with Gasteiger partial charge in [0, 0.05) is 24.0 Å². The van der Waals surface area contributed by atoms with Gasteiger partial charge in [-0.05, 0) is 50.9 Å². The molecule has 23 heavy (non-hydrogen) atoms. The number of aliphatic hydroxyl groups is 1. The fourth-order valence-electron chi connectivity index (χ4n) is 3.31. The number of nitrogens with zero attached hydrogens (tertiary/aromatic N) is 2. The van der Waals surface area contributed by atoms with Crippen LogP contribution in [0.5, 0.6) is 5.75 Å². The molecule has 5 nitrogen and oxygen atoms in total. The predicted molar refractivity (Wildman–Crippen MR) is 89.2 cm³/mol. The van der Waals surface area contributed by atoms with Crippen LogP contribution in [-0.2, 0) is 13.2 Å². The lowest BCUT2D eigenvalue weighted by atomic mass is 10.1. The number of imidazole rings is 1. The zero-order valence-electron chi connectivity index (χ0n) is 13.9. The number of nitrogens with one attached hydrogen (secondary N) is 1. The summed E-state index contributed by atoms with van der Waals surface area (Å²) < 4.78 is 5.56. The van der Waals surface area contributed by atoms with Crippen LogP contribution in [0.4, 0.5) is 0 Å². The zero-order chi connectivity index (χ0) is 16.2. The molecule has 1 aliphatic rings. The second-order valence-corrected chi connectivity index (χ2v) is 6.11. The van der Waals surface area contributed by atoms with Crippen LogP contribution in [0.3, 0.4) is 0 Å². The lowest BCUT2D eigenvalue weighted by molar-refractivity contribution is 0.239. The molecule has 1 aliphatic heterocycles. The van der Waals surface area contributed by atoms with Crippen molar-refractivity contribution in [2.45, 2.75) is 45.9 Å². The number of H-pyrrole nitrogens is 1. The second-order valence-electron chi connectivity index (χ2n) is 6.11. The van der Waals surface area contributed by atoms with Crippen LogP contribution in [-0.4, -0.2) is 33.1 Å². The van der Waals surface area contributed by atoms with Gasteiger partial charge < -0.3 is 14.8 Å². The minimum Gasteiger partial charge on any atom is -0.494 e. The summed E-state index contributed by atoms with van der Waals surface area (Å²) in [6, 6.07) is 6.46. The van der Waals surface area contributed by atoms with Crippen LogP contribution in [0.1, 0.15) is 48.5 Å². The Balaban J connectivity index is 1.75. The predicted octanol–water partition coefficient (Wildman–Crippen LogP) is 2.95. The molecule has 5 heteroatoms. The first-order valence-corrected chi connectivity index (χ1v) is 8.32. The van der Waals surface area contributed by atoms with Gasteiger partial charge in [-0.25, -0.2) is 4.98 Å². The van der Waals surface area contributed by atoms with Gasteiger partial charge in [0.1, 0.15) is 11.6 Å². The van der Waals surface area contributed by atoms with Gasteiger partial charge in [0.25, 0.3) is 0 Å². The molecule has 1 aromatic carbocycles. The van der Waals surface area contributed by atoms with E-state index in [4.69, 9.17) is 4.74 Å². The Hall–Kier alpha value is -1.85. The molecule has 2 N–H and O–H groups in total. The molecule has 3 rings (SSSR count). The fraction of sp³-hybridized carbons (Fsp3) is 0.500. The molecule has 124 valence electrons. The average molecular weight is 315 g/mol. The van der Waals surface area contributed by atoms with Crippen molar-refractivity contribution in [3.8, 4) is 5.75 Å². The highest BCUT2D eigenvalue weighted by atomic mass is 16.5. The minimum absolute atomic E-state index is 0.00395. The molecule has 0 amide bonds. The Morgan fingerprint density at radius 1 is 1.43 bits per heavy atom. The van der Waals surface area contributed by atoms with Gasteiger partial charge in [0.05, 0.1) is 19.3 Å². The average Bonchev–Trinajstić information content (AvgIpc) is 3.17. The van der Waals surface area contributed by atoms with E-state index in [0.717, 1.165) is 42.3 Å². The molecule has 1 fully saturated rings. The smallest absolute Gasteiger partial charge is 0.124 e. The third-order valence-corrected chi connectivity index (χ3v) is 4.38. The number of ether oxygens (including phenoxy) is 1. The molecule has 2 heterocycles. The van der Waals surface area contributed by atoms with Crippen molar-refractivity contribution in [2.24, 2.45) is 0 Å². The number of aromatic amines is 1. The number of benzene rings is 1. The van der Waals surface area contributed by atoms with E-state index in [-0.39, 0.29) is 6.61 Å². The van der Waals surface area contributed by atoms with Crippen LogP contribution in [0.2, 0.25) is 0 Å². The highest BCUT2D eigenvalue weighted by Crippen LogP contribution is 2.32. The van der Waals surface area contributed by atoms with Crippen LogP contribution in [0.25, 0.3) is 0 Å². The Kier molecular flexibility index (Phi) is 4.98. The molecule has 0 bridgehead atoms. The quantitative estimate of drug-likeness (QED) is 0.860. The van der Waals surface area contributed by atoms with E-state index < -0.39 is 0 Å². The number of aryl methyl sites for hydroxylation is 1. The van der Waals surface area contributed by atoms with Crippen LogP contribution in [0.15, 0.2) is 24.4 Å². The topological polar surface area (TPSA) is 61.4 Å². The van der Waals surface area contributed by atoms with Crippen molar-refractivity contribution in [3.05, 3.63) is 47.0 Å². The molecule has 0 aliphatic carbocycles. The third kappa shape index (κ3) is 3.57. The number of hydrogen-bond donors (Lipinski definition) is 2. The van der Waals surface area contributed by atoms with Crippen LogP contribution >= 0.6 is 0 Å². The maximum absolute atomic E-state index is 9.55. The van der Waals surface area contributed by atoms with Gasteiger partial charge in [-0.15, -0.1) is 0 Å². The molecule has 1 atom stereocenters. The normalized spacial score (nSPS) is 18.5. The Bertz CT molecular complexity index is 653. The summed E-state index contributed by atoms with van der Waals surface area (Å²) in [5.41, 5.74) is 3.16. The maximum Gasteiger partial charge on any atom is 0.124 e. The first-order chi connectivity index (χ1) is 11.2.